The molecular formula is C49H36AlN8O4P. The zero-order valence-electron chi connectivity index (χ0n) is 34.2. The lowest BCUT2D eigenvalue weighted by atomic mass is 10.1. The van der Waals surface area contributed by atoms with Gasteiger partial charge in [0.25, 0.3) is 0 Å². The number of aliphatic imine (C=N–C) groups is 4. The van der Waals surface area contributed by atoms with Crippen LogP contribution in [0.1, 0.15) is 48.9 Å². The van der Waals surface area contributed by atoms with Crippen LogP contribution in [0.2, 0.25) is 0 Å². The van der Waals surface area contributed by atoms with Gasteiger partial charge in [0.05, 0.1) is 4.46 Å². The highest BCUT2D eigenvalue weighted by atomic mass is 31.2. The summed E-state index contributed by atoms with van der Waals surface area (Å²) in [6, 6.07) is 50.4. The molecule has 0 atom stereocenters. The number of phosphoric ester groups is 1. The first-order valence-corrected chi connectivity index (χ1v) is 24.0. The van der Waals surface area contributed by atoms with Crippen LogP contribution in [-0.2, 0) is 9.09 Å². The van der Waals surface area contributed by atoms with E-state index in [2.05, 4.69) is 45.2 Å². The zero-order valence-corrected chi connectivity index (χ0v) is 36.2. The standard InChI is InChI=1S/C32H16N8.C17H20O4P.Al/c1-2-10-18-17(9-1)25-33-26(18)38-28-21-13-5-6-14-22(21)30(35-28)40-32-24-16-8-7-15-23(24)31(36-32)39-29-20-12-4-3-11-19(20)27(34-29)37-25;1-3-15(4-2)19-22(18,20-16-11-7-5-8-12-16)21-17-13-9-6-10-14-17;/h1-16H;5-14H,3-4H2,1-2H3;/q-2;;+2. The maximum atomic E-state index is 15.9. The average molecular weight is 859 g/mol. The van der Waals surface area contributed by atoms with Gasteiger partial charge in [0.2, 0.25) is 0 Å². The summed E-state index contributed by atoms with van der Waals surface area (Å²) in [4.78, 5) is 32.5. The first-order valence-electron chi connectivity index (χ1n) is 21.0. The van der Waals surface area contributed by atoms with Crippen LogP contribution in [-0.4, -0.2) is 49.5 Å². The van der Waals surface area contributed by atoms with Crippen LogP contribution in [0.25, 0.3) is 21.5 Å². The molecule has 0 radical (unpaired) electrons. The summed E-state index contributed by atoms with van der Waals surface area (Å²) < 4.78 is 39.3. The molecule has 0 saturated heterocycles. The fourth-order valence-electron chi connectivity index (χ4n) is 9.19. The number of aromatic nitrogens is 2. The number of nitrogens with zero attached hydrogens (tertiary/aromatic N) is 8. The van der Waals surface area contributed by atoms with E-state index in [1.807, 2.05) is 109 Å². The number of fused-ring (bicyclic) bond motifs is 14. The van der Waals surface area contributed by atoms with E-state index < -0.39 is 26.9 Å². The van der Waals surface area contributed by atoms with Gasteiger partial charge in [-0.05, 0) is 37.1 Å². The Balaban J connectivity index is 1.26. The highest BCUT2D eigenvalue weighted by Gasteiger charge is 2.58. The summed E-state index contributed by atoms with van der Waals surface area (Å²) in [7, 11) is -4.55. The molecule has 12 nitrogen and oxygen atoms in total. The third-order valence-electron chi connectivity index (χ3n) is 12.2. The quantitative estimate of drug-likeness (QED) is 0.106. The van der Waals surface area contributed by atoms with Crippen LogP contribution in [0, 0.1) is 0 Å². The lowest BCUT2D eigenvalue weighted by molar-refractivity contribution is 0.0917. The molecule has 6 aromatic carbocycles. The Bertz CT molecular complexity index is 3310. The van der Waals surface area contributed by atoms with E-state index in [0.717, 1.165) is 43.8 Å². The van der Waals surface area contributed by atoms with Crippen LogP contribution >= 0.6 is 7.82 Å². The van der Waals surface area contributed by atoms with Crippen LogP contribution in [0.5, 0.6) is 11.5 Å². The van der Waals surface area contributed by atoms with Gasteiger partial charge >= 0.3 is 22.4 Å². The second kappa shape index (κ2) is 14.5. The van der Waals surface area contributed by atoms with E-state index in [0.29, 0.717) is 70.3 Å². The summed E-state index contributed by atoms with van der Waals surface area (Å²) in [5, 5.41) is 3.43. The molecule has 12 rings (SSSR count). The fraction of sp³-hybridized carbons (Fsp3) is 0.102. The molecular weight excluding hydrogens is 823 g/mol. The Kier molecular flexibility index (Phi) is 8.71. The topological polar surface area (TPSA) is 129 Å². The predicted molar refractivity (Wildman–Crippen MR) is 247 cm³/mol. The van der Waals surface area contributed by atoms with Crippen molar-refractivity contribution >= 4 is 78.9 Å². The zero-order chi connectivity index (χ0) is 42.3. The molecule has 6 bridgehead atoms. The Labute approximate surface area is 366 Å². The van der Waals surface area contributed by atoms with Gasteiger partial charge in [0.1, 0.15) is 34.1 Å². The smallest absolute Gasteiger partial charge is 0.395 e. The van der Waals surface area contributed by atoms with Gasteiger partial charge in [-0.2, -0.15) is 0 Å². The maximum Gasteiger partial charge on any atom is 0.624 e. The molecule has 0 spiro atoms. The third kappa shape index (κ3) is 5.96. The SMILES string of the molecule is CC[C](CC)(OP(=O)(Oc1ccccc1)Oc1ccccc1)[Al]1[n]2c3c4ccccc4c2N=C2N=C(N=c4c5ccccc5c([n]41)=NC1=NC(=N3)c3ccccc31)c1ccccc12. The number of amidine groups is 4. The summed E-state index contributed by atoms with van der Waals surface area (Å²) >= 11 is -3.34. The number of benzene rings is 6. The molecule has 0 aliphatic carbocycles. The minimum atomic E-state index is -4.55. The molecule has 0 N–H and O–H groups in total. The molecule has 2 aromatic heterocycles. The second-order valence-electron chi connectivity index (χ2n) is 15.7. The van der Waals surface area contributed by atoms with Crippen molar-refractivity contribution in [3.63, 3.8) is 0 Å². The van der Waals surface area contributed by atoms with Crippen molar-refractivity contribution in [3.8, 4) is 11.5 Å². The van der Waals surface area contributed by atoms with Crippen LogP contribution in [0.3, 0.4) is 0 Å². The molecule has 4 aliphatic rings. The number of rotatable bonds is 9. The van der Waals surface area contributed by atoms with Gasteiger partial charge in [-0.3, -0.25) is 4.52 Å². The van der Waals surface area contributed by atoms with Gasteiger partial charge in [-0.25, -0.2) is 34.5 Å². The summed E-state index contributed by atoms with van der Waals surface area (Å²) in [6.45, 7) is 4.11. The molecule has 0 unspecified atom stereocenters. The van der Waals surface area contributed by atoms with Crippen molar-refractivity contribution < 1.29 is 18.1 Å². The normalized spacial score (nSPS) is 14.7. The number of hydrogen-bond donors (Lipinski definition) is 0. The number of phosphoric acid groups is 1. The predicted octanol–water partition coefficient (Wildman–Crippen LogP) is 9.80. The molecule has 8 aromatic rings. The van der Waals surface area contributed by atoms with Crippen molar-refractivity contribution in [2.45, 2.75) is 31.2 Å². The summed E-state index contributed by atoms with van der Waals surface area (Å²) in [5.41, 5.74) is 4.70. The second-order valence-corrected chi connectivity index (χ2v) is 19.9. The summed E-state index contributed by atoms with van der Waals surface area (Å²) in [6.07, 6.45) is 0.744. The third-order valence-corrected chi connectivity index (χ3v) is 17.7. The Morgan fingerprint density at radius 3 is 1.24 bits per heavy atom. The fourth-order valence-corrected chi connectivity index (χ4v) is 15.1. The monoisotopic (exact) mass is 858 g/mol. The van der Waals surface area contributed by atoms with Gasteiger partial charge in [0.15, 0.2) is 23.3 Å². The molecule has 14 heteroatoms. The average Bonchev–Trinajstić information content (AvgIpc) is 4.03. The lowest BCUT2D eigenvalue weighted by Gasteiger charge is -2.38. The van der Waals surface area contributed by atoms with Gasteiger partial charge in [-0.1, -0.05) is 147 Å². The largest absolute Gasteiger partial charge is 0.624 e. The van der Waals surface area contributed by atoms with Crippen LogP contribution in [0.15, 0.2) is 188 Å². The van der Waals surface area contributed by atoms with E-state index >= 15 is 4.57 Å². The number of para-hydroxylation sites is 2. The van der Waals surface area contributed by atoms with E-state index in [1.165, 1.54) is 0 Å². The summed E-state index contributed by atoms with van der Waals surface area (Å²) in [5.74, 6) is 4.03. The van der Waals surface area contributed by atoms with Crippen LogP contribution < -0.4 is 20.0 Å². The van der Waals surface area contributed by atoms with E-state index in [4.69, 9.17) is 43.5 Å². The molecule has 304 valence electrons. The minimum Gasteiger partial charge on any atom is -0.395 e. The Morgan fingerprint density at radius 2 is 0.825 bits per heavy atom. The van der Waals surface area contributed by atoms with E-state index in [9.17, 15) is 0 Å². The molecule has 4 aliphatic heterocycles. The van der Waals surface area contributed by atoms with E-state index in [1.54, 1.807) is 24.3 Å². The van der Waals surface area contributed by atoms with Crippen LogP contribution in [0.4, 0.5) is 11.6 Å². The number of hydrogen-bond acceptors (Lipinski definition) is 10. The van der Waals surface area contributed by atoms with Crippen molar-refractivity contribution in [1.29, 1.82) is 0 Å². The lowest BCUT2D eigenvalue weighted by Crippen LogP contribution is -2.61. The Hall–Kier alpha value is -7.00. The van der Waals surface area contributed by atoms with Gasteiger partial charge in [0, 0.05) is 43.8 Å². The van der Waals surface area contributed by atoms with E-state index in [-0.39, 0.29) is 0 Å². The molecule has 0 saturated carbocycles. The molecule has 0 fully saturated rings. The molecule has 63 heavy (non-hydrogen) atoms. The maximum absolute atomic E-state index is 15.9. The molecule has 0 amide bonds. The first kappa shape index (κ1) is 37.7. The van der Waals surface area contributed by atoms with Crippen molar-refractivity contribution in [2.24, 2.45) is 30.0 Å². The van der Waals surface area contributed by atoms with Crippen molar-refractivity contribution in [2.75, 3.05) is 0 Å². The highest BCUT2D eigenvalue weighted by molar-refractivity contribution is 7.49. The van der Waals surface area contributed by atoms with Gasteiger partial charge in [-0.15, -0.1) is 0 Å². The van der Waals surface area contributed by atoms with Crippen molar-refractivity contribution in [3.05, 3.63) is 191 Å². The first-order chi connectivity index (χ1) is 30.9. The highest BCUT2D eigenvalue weighted by Crippen LogP contribution is 2.55. The molecule has 6 heterocycles. The van der Waals surface area contributed by atoms with Crippen molar-refractivity contribution in [1.82, 2.24) is 7.10 Å². The minimum absolute atomic E-state index is 0.337. The Morgan fingerprint density at radius 1 is 0.460 bits per heavy atom. The van der Waals surface area contributed by atoms with Gasteiger partial charge < -0.3 is 16.1 Å².